The summed E-state index contributed by atoms with van der Waals surface area (Å²) in [5.41, 5.74) is 0. The lowest BCUT2D eigenvalue weighted by atomic mass is 9.59. The van der Waals surface area contributed by atoms with Gasteiger partial charge in [0.15, 0.2) is 0 Å². The fraction of sp³-hybridized carbons (Fsp3) is 0.864. The average Bonchev–Trinajstić information content (AvgIpc) is 3.43. The Balaban J connectivity index is 1.43. The van der Waals surface area contributed by atoms with E-state index < -0.39 is 29.9 Å². The summed E-state index contributed by atoms with van der Waals surface area (Å²) in [6.07, 6.45) is 1.74. The van der Waals surface area contributed by atoms with Crippen LogP contribution in [0.25, 0.3) is 0 Å². The Morgan fingerprint density at radius 1 is 0.964 bits per heavy atom. The number of ether oxygens (including phenoxy) is 3. The molecular weight excluding hydrogens is 360 g/mol. The van der Waals surface area contributed by atoms with E-state index in [-0.39, 0.29) is 17.8 Å². The first-order valence-electron chi connectivity index (χ1n) is 11.0. The molecule has 0 amide bonds. The number of fused-ring (bicyclic) bond motifs is 9. The number of hydrogen-bond acceptors (Lipinski definition) is 6. The summed E-state index contributed by atoms with van der Waals surface area (Å²) >= 11 is 0. The lowest BCUT2D eigenvalue weighted by molar-refractivity contribution is -0.173. The van der Waals surface area contributed by atoms with Crippen molar-refractivity contribution in [3.63, 3.8) is 0 Å². The highest BCUT2D eigenvalue weighted by Gasteiger charge is 2.71. The lowest BCUT2D eigenvalue weighted by Crippen LogP contribution is -2.48. The zero-order valence-electron chi connectivity index (χ0n) is 16.8. The normalized spacial score (nSPS) is 50.5. The van der Waals surface area contributed by atoms with Crippen LogP contribution in [0, 0.1) is 59.2 Å². The van der Waals surface area contributed by atoms with Crippen molar-refractivity contribution in [3.05, 3.63) is 0 Å². The van der Waals surface area contributed by atoms with E-state index in [9.17, 15) is 14.4 Å². The first kappa shape index (κ1) is 18.4. The monoisotopic (exact) mass is 390 g/mol. The second kappa shape index (κ2) is 6.46. The van der Waals surface area contributed by atoms with Crippen LogP contribution in [0.15, 0.2) is 0 Å². The van der Waals surface area contributed by atoms with Gasteiger partial charge in [-0.15, -0.1) is 0 Å². The molecule has 5 fully saturated rings. The van der Waals surface area contributed by atoms with Crippen molar-refractivity contribution in [2.24, 2.45) is 59.2 Å². The molecule has 4 aliphatic carbocycles. The second-order valence-corrected chi connectivity index (χ2v) is 9.69. The number of carbonyl (C=O) groups excluding carboxylic acids is 3. The minimum Gasteiger partial charge on any atom is -0.466 e. The van der Waals surface area contributed by atoms with Crippen LogP contribution in [0.4, 0.5) is 0 Å². The summed E-state index contributed by atoms with van der Waals surface area (Å²) in [6.45, 7) is 7.11. The molecule has 4 saturated carbocycles. The molecule has 1 heterocycles. The van der Waals surface area contributed by atoms with Crippen LogP contribution in [-0.4, -0.2) is 37.2 Å². The van der Waals surface area contributed by atoms with Gasteiger partial charge in [-0.25, -0.2) is 4.79 Å². The molecule has 0 aromatic rings. The van der Waals surface area contributed by atoms with Crippen LogP contribution in [0.5, 0.6) is 0 Å². The first-order chi connectivity index (χ1) is 13.4. The number of cyclic esters (lactones) is 1. The van der Waals surface area contributed by atoms with E-state index in [0.29, 0.717) is 55.1 Å². The minimum absolute atomic E-state index is 0.180. The lowest BCUT2D eigenvalue weighted by Gasteiger charge is -2.45. The van der Waals surface area contributed by atoms with Gasteiger partial charge < -0.3 is 14.2 Å². The Hall–Kier alpha value is -1.59. The maximum Gasteiger partial charge on any atom is 0.347 e. The molecular formula is C22H30O6. The van der Waals surface area contributed by atoms with Crippen molar-refractivity contribution in [2.45, 2.75) is 46.1 Å². The SMILES string of the molecule is CCOC(=O)C1C2CC(C1C(=O)OC1CCOC1=O)C1C3CC(C(C)C3C)C21. The van der Waals surface area contributed by atoms with E-state index in [4.69, 9.17) is 14.2 Å². The van der Waals surface area contributed by atoms with E-state index in [0.717, 1.165) is 6.42 Å². The topological polar surface area (TPSA) is 78.9 Å². The van der Waals surface area contributed by atoms with Crippen molar-refractivity contribution < 1.29 is 28.6 Å². The summed E-state index contributed by atoms with van der Waals surface area (Å²) in [6, 6.07) is 0. The molecule has 6 heteroatoms. The minimum atomic E-state index is -0.816. The quantitative estimate of drug-likeness (QED) is 0.417. The highest BCUT2D eigenvalue weighted by atomic mass is 16.6. The van der Waals surface area contributed by atoms with Gasteiger partial charge in [0.05, 0.1) is 25.0 Å². The highest BCUT2D eigenvalue weighted by Crippen LogP contribution is 2.72. The molecule has 0 spiro atoms. The first-order valence-corrected chi connectivity index (χ1v) is 11.0. The number of carbonyl (C=O) groups is 3. The van der Waals surface area contributed by atoms with Gasteiger partial charge in [0.1, 0.15) is 0 Å². The van der Waals surface area contributed by atoms with Crippen LogP contribution in [0.2, 0.25) is 0 Å². The smallest absolute Gasteiger partial charge is 0.347 e. The van der Waals surface area contributed by atoms with Gasteiger partial charge in [0, 0.05) is 6.42 Å². The largest absolute Gasteiger partial charge is 0.466 e. The molecule has 0 radical (unpaired) electrons. The molecule has 5 aliphatic rings. The summed E-state index contributed by atoms with van der Waals surface area (Å²) in [7, 11) is 0. The van der Waals surface area contributed by atoms with E-state index >= 15 is 0 Å². The van der Waals surface area contributed by atoms with Crippen LogP contribution in [-0.2, 0) is 28.6 Å². The van der Waals surface area contributed by atoms with Crippen molar-refractivity contribution in [1.82, 2.24) is 0 Å². The van der Waals surface area contributed by atoms with Gasteiger partial charge in [-0.2, -0.15) is 0 Å². The maximum atomic E-state index is 13.2. The van der Waals surface area contributed by atoms with Crippen LogP contribution in [0.3, 0.4) is 0 Å². The van der Waals surface area contributed by atoms with Crippen molar-refractivity contribution in [1.29, 1.82) is 0 Å². The highest BCUT2D eigenvalue weighted by molar-refractivity contribution is 5.86. The maximum absolute atomic E-state index is 13.2. The molecule has 11 unspecified atom stereocenters. The molecule has 6 nitrogen and oxygen atoms in total. The predicted molar refractivity (Wildman–Crippen MR) is 97.6 cm³/mol. The Morgan fingerprint density at radius 2 is 1.54 bits per heavy atom. The van der Waals surface area contributed by atoms with E-state index in [1.807, 2.05) is 0 Å². The Morgan fingerprint density at radius 3 is 2.07 bits per heavy atom. The molecule has 0 aromatic heterocycles. The summed E-state index contributed by atoms with van der Waals surface area (Å²) < 4.78 is 15.9. The van der Waals surface area contributed by atoms with Gasteiger partial charge in [-0.05, 0) is 67.1 Å². The average molecular weight is 390 g/mol. The molecule has 4 bridgehead atoms. The molecule has 1 aliphatic heterocycles. The fourth-order valence-electron chi connectivity index (χ4n) is 7.93. The van der Waals surface area contributed by atoms with Crippen molar-refractivity contribution in [2.75, 3.05) is 13.2 Å². The standard InChI is InChI=1S/C22H30O6/c1-4-26-21(24)18-13-8-14(17-12-7-11(16(13)17)9(2)10(12)3)19(18)22(25)28-15-5-6-27-20(15)23/h9-19H,4-8H2,1-3H3. The third-order valence-electron chi connectivity index (χ3n) is 8.98. The molecule has 11 atom stereocenters. The van der Waals surface area contributed by atoms with Crippen molar-refractivity contribution >= 4 is 17.9 Å². The van der Waals surface area contributed by atoms with Gasteiger partial charge in [0.25, 0.3) is 0 Å². The van der Waals surface area contributed by atoms with Gasteiger partial charge in [-0.1, -0.05) is 13.8 Å². The third kappa shape index (κ3) is 2.35. The van der Waals surface area contributed by atoms with Gasteiger partial charge >= 0.3 is 17.9 Å². The predicted octanol–water partition coefficient (Wildman–Crippen LogP) is 2.44. The number of hydrogen-bond donors (Lipinski definition) is 0. The second-order valence-electron chi connectivity index (χ2n) is 9.69. The molecule has 5 rings (SSSR count). The summed E-state index contributed by atoms with van der Waals surface area (Å²) in [5.74, 6) is 2.11. The fourth-order valence-corrected chi connectivity index (χ4v) is 7.93. The molecule has 0 aromatic carbocycles. The van der Waals surface area contributed by atoms with E-state index in [1.165, 1.54) is 6.42 Å². The summed E-state index contributed by atoms with van der Waals surface area (Å²) in [4.78, 5) is 37.8. The van der Waals surface area contributed by atoms with E-state index in [1.54, 1.807) is 6.92 Å². The Bertz CT molecular complexity index is 703. The van der Waals surface area contributed by atoms with Crippen LogP contribution < -0.4 is 0 Å². The van der Waals surface area contributed by atoms with Crippen LogP contribution in [0.1, 0.15) is 40.0 Å². The number of esters is 3. The Kier molecular flexibility index (Phi) is 4.25. The zero-order valence-corrected chi connectivity index (χ0v) is 16.8. The third-order valence-corrected chi connectivity index (χ3v) is 8.98. The Labute approximate surface area is 165 Å². The van der Waals surface area contributed by atoms with Crippen molar-refractivity contribution in [3.8, 4) is 0 Å². The van der Waals surface area contributed by atoms with Gasteiger partial charge in [0.2, 0.25) is 6.10 Å². The number of rotatable bonds is 4. The van der Waals surface area contributed by atoms with Gasteiger partial charge in [-0.3, -0.25) is 9.59 Å². The molecule has 0 N–H and O–H groups in total. The van der Waals surface area contributed by atoms with E-state index in [2.05, 4.69) is 13.8 Å². The van der Waals surface area contributed by atoms with Crippen LogP contribution >= 0.6 is 0 Å². The molecule has 28 heavy (non-hydrogen) atoms. The molecule has 154 valence electrons. The zero-order chi connectivity index (χ0) is 19.7. The molecule has 1 saturated heterocycles. The summed E-state index contributed by atoms with van der Waals surface area (Å²) in [5, 5.41) is 0.